The van der Waals surface area contributed by atoms with Gasteiger partial charge >= 0.3 is 5.97 Å². The molecule has 0 radical (unpaired) electrons. The summed E-state index contributed by atoms with van der Waals surface area (Å²) in [5.41, 5.74) is 0.286. The Morgan fingerprint density at radius 2 is 1.81 bits per heavy atom. The summed E-state index contributed by atoms with van der Waals surface area (Å²) in [4.78, 5) is 28.1. The van der Waals surface area contributed by atoms with E-state index in [1.165, 1.54) is 0 Å². The van der Waals surface area contributed by atoms with E-state index < -0.39 is 17.6 Å². The monoisotopic (exact) mass is 292 g/mol. The molecule has 0 aliphatic carbocycles. The molecule has 116 valence electrons. The fraction of sp³-hybridized carbons (Fsp3) is 0.562. The number of hydrogen-bond acceptors (Lipinski definition) is 4. The van der Waals surface area contributed by atoms with E-state index in [0.717, 1.165) is 5.56 Å². The maximum Gasteiger partial charge on any atom is 0.329 e. The van der Waals surface area contributed by atoms with Gasteiger partial charge in [-0.1, -0.05) is 13.8 Å². The van der Waals surface area contributed by atoms with Crippen LogP contribution in [0.3, 0.4) is 0 Å². The maximum atomic E-state index is 12.1. The Bertz CT molecular complexity index is 478. The third kappa shape index (κ3) is 6.38. The molecule has 0 bridgehead atoms. The third-order valence-electron chi connectivity index (χ3n) is 2.76. The zero-order valence-electron chi connectivity index (χ0n) is 13.3. The number of aromatic nitrogens is 1. The highest BCUT2D eigenvalue weighted by Gasteiger charge is 2.29. The lowest BCUT2D eigenvalue weighted by molar-refractivity contribution is -0.159. The number of ether oxygens (including phenoxy) is 1. The SMILES string of the molecule is CC(C)[C@H](NC(=O)Cc1ccncc1)C(=O)OC(C)(C)C. The summed E-state index contributed by atoms with van der Waals surface area (Å²) >= 11 is 0. The van der Waals surface area contributed by atoms with Crippen molar-refractivity contribution < 1.29 is 14.3 Å². The van der Waals surface area contributed by atoms with E-state index in [2.05, 4.69) is 10.3 Å². The van der Waals surface area contributed by atoms with Crippen LogP contribution in [0.2, 0.25) is 0 Å². The van der Waals surface area contributed by atoms with Gasteiger partial charge in [0.1, 0.15) is 11.6 Å². The lowest BCUT2D eigenvalue weighted by atomic mass is 10.0. The van der Waals surface area contributed by atoms with Gasteiger partial charge in [-0.15, -0.1) is 0 Å². The summed E-state index contributed by atoms with van der Waals surface area (Å²) in [6, 6.07) is 2.91. The molecule has 0 aliphatic heterocycles. The first-order valence-corrected chi connectivity index (χ1v) is 7.10. The quantitative estimate of drug-likeness (QED) is 0.844. The van der Waals surface area contributed by atoms with Crippen LogP contribution in [-0.4, -0.2) is 28.5 Å². The van der Waals surface area contributed by atoms with Crippen molar-refractivity contribution in [3.63, 3.8) is 0 Å². The standard InChI is InChI=1S/C16H24N2O3/c1-11(2)14(15(20)21-16(3,4)5)18-13(19)10-12-6-8-17-9-7-12/h6-9,11,14H,10H2,1-5H3,(H,18,19)/t14-/m0/s1. The van der Waals surface area contributed by atoms with Crippen molar-refractivity contribution in [2.75, 3.05) is 0 Å². The van der Waals surface area contributed by atoms with Gasteiger partial charge in [-0.2, -0.15) is 0 Å². The lowest BCUT2D eigenvalue weighted by Crippen LogP contribution is -2.47. The molecule has 0 fully saturated rings. The molecule has 0 saturated heterocycles. The topological polar surface area (TPSA) is 68.3 Å². The highest BCUT2D eigenvalue weighted by Crippen LogP contribution is 2.12. The van der Waals surface area contributed by atoms with Crippen LogP contribution in [0.4, 0.5) is 0 Å². The van der Waals surface area contributed by atoms with Crippen molar-refractivity contribution in [1.82, 2.24) is 10.3 Å². The minimum Gasteiger partial charge on any atom is -0.458 e. The molecule has 1 aromatic rings. The fourth-order valence-electron chi connectivity index (χ4n) is 1.77. The van der Waals surface area contributed by atoms with E-state index >= 15 is 0 Å². The van der Waals surface area contributed by atoms with Gasteiger partial charge in [-0.05, 0) is 44.4 Å². The Morgan fingerprint density at radius 3 is 2.29 bits per heavy atom. The van der Waals surface area contributed by atoms with Gasteiger partial charge in [0.25, 0.3) is 0 Å². The lowest BCUT2D eigenvalue weighted by Gasteiger charge is -2.26. The maximum absolute atomic E-state index is 12.1. The number of esters is 1. The average molecular weight is 292 g/mol. The molecule has 1 rings (SSSR count). The molecular weight excluding hydrogens is 268 g/mol. The zero-order valence-corrected chi connectivity index (χ0v) is 13.3. The number of rotatable bonds is 5. The number of carbonyl (C=O) groups is 2. The van der Waals surface area contributed by atoms with E-state index in [9.17, 15) is 9.59 Å². The minimum absolute atomic E-state index is 0.0405. The van der Waals surface area contributed by atoms with Gasteiger partial charge in [-0.3, -0.25) is 9.78 Å². The van der Waals surface area contributed by atoms with Gasteiger partial charge in [0.15, 0.2) is 0 Å². The summed E-state index contributed by atoms with van der Waals surface area (Å²) in [6.45, 7) is 9.17. The molecule has 1 heterocycles. The number of nitrogens with zero attached hydrogens (tertiary/aromatic N) is 1. The molecule has 21 heavy (non-hydrogen) atoms. The molecule has 1 aromatic heterocycles. The largest absolute Gasteiger partial charge is 0.458 e. The zero-order chi connectivity index (χ0) is 16.0. The van der Waals surface area contributed by atoms with E-state index in [4.69, 9.17) is 4.74 Å². The van der Waals surface area contributed by atoms with Gasteiger partial charge in [0, 0.05) is 12.4 Å². The molecule has 0 aliphatic rings. The third-order valence-corrected chi connectivity index (χ3v) is 2.76. The van der Waals surface area contributed by atoms with Crippen LogP contribution in [0.1, 0.15) is 40.2 Å². The summed E-state index contributed by atoms with van der Waals surface area (Å²) in [6.07, 6.45) is 3.49. The Hall–Kier alpha value is -1.91. The van der Waals surface area contributed by atoms with Crippen LogP contribution >= 0.6 is 0 Å². The van der Waals surface area contributed by atoms with Gasteiger partial charge < -0.3 is 10.1 Å². The summed E-state index contributed by atoms with van der Waals surface area (Å²) < 4.78 is 5.35. The van der Waals surface area contributed by atoms with Crippen molar-refractivity contribution in [2.45, 2.75) is 52.7 Å². The molecule has 0 aromatic carbocycles. The normalized spacial score (nSPS) is 12.9. The summed E-state index contributed by atoms with van der Waals surface area (Å²) in [7, 11) is 0. The van der Waals surface area contributed by atoms with Gasteiger partial charge in [0.2, 0.25) is 5.91 Å². The van der Waals surface area contributed by atoms with E-state index in [1.54, 1.807) is 45.3 Å². The van der Waals surface area contributed by atoms with Gasteiger partial charge in [0.05, 0.1) is 6.42 Å². The number of pyridine rings is 1. The molecule has 1 amide bonds. The van der Waals surface area contributed by atoms with Crippen LogP contribution in [-0.2, 0) is 20.7 Å². The van der Waals surface area contributed by atoms with Crippen molar-refractivity contribution >= 4 is 11.9 Å². The molecule has 0 saturated carbocycles. The first kappa shape index (κ1) is 17.1. The number of nitrogens with one attached hydrogen (secondary N) is 1. The number of hydrogen-bond donors (Lipinski definition) is 1. The molecular formula is C16H24N2O3. The second kappa shape index (κ2) is 7.20. The molecule has 0 unspecified atom stereocenters. The predicted molar refractivity (Wildman–Crippen MR) is 80.6 cm³/mol. The van der Waals surface area contributed by atoms with Crippen LogP contribution in [0.15, 0.2) is 24.5 Å². The molecule has 0 spiro atoms. The highest BCUT2D eigenvalue weighted by molar-refractivity contribution is 5.85. The van der Waals surface area contributed by atoms with Crippen LogP contribution < -0.4 is 5.32 Å². The van der Waals surface area contributed by atoms with Crippen LogP contribution in [0.5, 0.6) is 0 Å². The summed E-state index contributed by atoms with van der Waals surface area (Å²) in [5.74, 6) is -0.646. The van der Waals surface area contributed by atoms with E-state index in [0.29, 0.717) is 0 Å². The van der Waals surface area contributed by atoms with Crippen LogP contribution in [0, 0.1) is 5.92 Å². The average Bonchev–Trinajstić information content (AvgIpc) is 2.34. The Balaban J connectivity index is 2.66. The van der Waals surface area contributed by atoms with Crippen molar-refractivity contribution in [3.8, 4) is 0 Å². The van der Waals surface area contributed by atoms with E-state index in [-0.39, 0.29) is 18.2 Å². The van der Waals surface area contributed by atoms with Gasteiger partial charge in [-0.25, -0.2) is 4.79 Å². The summed E-state index contributed by atoms with van der Waals surface area (Å²) in [5, 5.41) is 2.75. The first-order chi connectivity index (χ1) is 9.69. The smallest absolute Gasteiger partial charge is 0.329 e. The highest BCUT2D eigenvalue weighted by atomic mass is 16.6. The Labute approximate surface area is 126 Å². The molecule has 5 heteroatoms. The van der Waals surface area contributed by atoms with E-state index in [1.807, 2.05) is 13.8 Å². The predicted octanol–water partition coefficient (Wildman–Crippen LogP) is 2.11. The van der Waals surface area contributed by atoms with Crippen molar-refractivity contribution in [3.05, 3.63) is 30.1 Å². The van der Waals surface area contributed by atoms with Crippen molar-refractivity contribution in [2.24, 2.45) is 5.92 Å². The molecule has 1 N–H and O–H groups in total. The number of carbonyl (C=O) groups excluding carboxylic acids is 2. The molecule has 1 atom stereocenters. The Morgan fingerprint density at radius 1 is 1.24 bits per heavy atom. The fourth-order valence-corrected chi connectivity index (χ4v) is 1.77. The first-order valence-electron chi connectivity index (χ1n) is 7.10. The van der Waals surface area contributed by atoms with Crippen molar-refractivity contribution in [1.29, 1.82) is 0 Å². The van der Waals surface area contributed by atoms with Crippen LogP contribution in [0.25, 0.3) is 0 Å². The number of amides is 1. The Kier molecular flexibility index (Phi) is 5.88. The second-order valence-corrected chi connectivity index (χ2v) is 6.35. The molecule has 5 nitrogen and oxygen atoms in total. The second-order valence-electron chi connectivity index (χ2n) is 6.35. The minimum atomic E-state index is -0.640.